The Kier molecular flexibility index (Phi) is 6.30. The maximum absolute atomic E-state index is 14.6. The van der Waals surface area contributed by atoms with E-state index in [1.807, 2.05) is 0 Å². The quantitative estimate of drug-likeness (QED) is 0.376. The van der Waals surface area contributed by atoms with Crippen LogP contribution >= 0.6 is 0 Å². The predicted molar refractivity (Wildman–Crippen MR) is 113 cm³/mol. The Bertz CT molecular complexity index is 1070. The average molecular weight is 428 g/mol. The highest BCUT2D eigenvalue weighted by molar-refractivity contribution is 5.65. The zero-order valence-corrected chi connectivity index (χ0v) is 17.4. The van der Waals surface area contributed by atoms with E-state index in [9.17, 15) is 17.6 Å². The Morgan fingerprint density at radius 3 is 2.16 bits per heavy atom. The second kappa shape index (κ2) is 9.13. The molecule has 1 nitrogen and oxygen atoms in total. The molecule has 0 saturated heterocycles. The van der Waals surface area contributed by atoms with Crippen molar-refractivity contribution in [2.45, 2.75) is 51.6 Å². The van der Waals surface area contributed by atoms with E-state index in [0.717, 1.165) is 32.1 Å². The number of halogens is 4. The second-order valence-corrected chi connectivity index (χ2v) is 8.15. The van der Waals surface area contributed by atoms with Crippen molar-refractivity contribution in [3.8, 4) is 16.9 Å². The Balaban J connectivity index is 1.46. The van der Waals surface area contributed by atoms with Crippen LogP contribution in [0, 0.1) is 30.2 Å². The van der Waals surface area contributed by atoms with Gasteiger partial charge in [-0.25, -0.2) is 17.6 Å². The van der Waals surface area contributed by atoms with Crippen molar-refractivity contribution >= 4 is 0 Å². The summed E-state index contributed by atoms with van der Waals surface area (Å²) in [5.74, 6) is -2.90. The third-order valence-electron chi connectivity index (χ3n) is 6.07. The molecule has 31 heavy (non-hydrogen) atoms. The van der Waals surface area contributed by atoms with Crippen LogP contribution in [0.15, 0.2) is 48.5 Å². The molecule has 1 saturated carbocycles. The van der Waals surface area contributed by atoms with Crippen molar-refractivity contribution in [2.75, 3.05) is 0 Å². The number of aryl methyl sites for hydroxylation is 1. The minimum atomic E-state index is -0.899. The van der Waals surface area contributed by atoms with Crippen molar-refractivity contribution in [1.29, 1.82) is 0 Å². The first-order valence-corrected chi connectivity index (χ1v) is 10.6. The molecule has 1 aliphatic rings. The van der Waals surface area contributed by atoms with Gasteiger partial charge in [-0.1, -0.05) is 55.7 Å². The Morgan fingerprint density at radius 2 is 1.45 bits per heavy atom. The summed E-state index contributed by atoms with van der Waals surface area (Å²) in [4.78, 5) is 0. The SMILES string of the molecule is Cc1ccc(-c2ccc(OCc3ccc(C4CCCCC4)c(F)c3F)cc2)c(F)c1F. The largest absolute Gasteiger partial charge is 0.489 e. The van der Waals surface area contributed by atoms with Gasteiger partial charge in [0.2, 0.25) is 0 Å². The van der Waals surface area contributed by atoms with E-state index >= 15 is 0 Å². The number of rotatable bonds is 5. The summed E-state index contributed by atoms with van der Waals surface area (Å²) in [7, 11) is 0. The standard InChI is InChI=1S/C26H24F4O/c1-16-7-13-21(25(29)23(16)27)18-8-11-20(12-9-18)31-15-19-10-14-22(26(30)24(19)28)17-5-3-2-4-6-17/h7-14,17H,2-6,15H2,1H3. The lowest BCUT2D eigenvalue weighted by molar-refractivity contribution is 0.296. The van der Waals surface area contributed by atoms with E-state index in [2.05, 4.69) is 0 Å². The van der Waals surface area contributed by atoms with Crippen LogP contribution in [-0.2, 0) is 6.61 Å². The molecule has 0 aliphatic heterocycles. The van der Waals surface area contributed by atoms with E-state index in [1.165, 1.54) is 19.1 Å². The molecule has 162 valence electrons. The van der Waals surface area contributed by atoms with Gasteiger partial charge in [-0.05, 0) is 54.5 Å². The van der Waals surface area contributed by atoms with Gasteiger partial charge in [-0.2, -0.15) is 0 Å². The topological polar surface area (TPSA) is 9.23 Å². The molecule has 0 radical (unpaired) electrons. The first kappa shape index (κ1) is 21.4. The van der Waals surface area contributed by atoms with Crippen LogP contribution in [0.3, 0.4) is 0 Å². The van der Waals surface area contributed by atoms with Crippen LogP contribution in [0.2, 0.25) is 0 Å². The van der Waals surface area contributed by atoms with Crippen LogP contribution in [0.5, 0.6) is 5.75 Å². The monoisotopic (exact) mass is 428 g/mol. The molecule has 1 fully saturated rings. The van der Waals surface area contributed by atoms with Crippen LogP contribution in [0.4, 0.5) is 17.6 Å². The zero-order valence-electron chi connectivity index (χ0n) is 17.4. The normalized spacial score (nSPS) is 14.6. The maximum Gasteiger partial charge on any atom is 0.166 e. The fraction of sp³-hybridized carbons (Fsp3) is 0.308. The summed E-state index contributed by atoms with van der Waals surface area (Å²) in [6.07, 6.45) is 5.03. The minimum absolute atomic E-state index is 0.0813. The van der Waals surface area contributed by atoms with Gasteiger partial charge in [0, 0.05) is 11.1 Å². The lowest BCUT2D eigenvalue weighted by Crippen LogP contribution is -2.10. The second-order valence-electron chi connectivity index (χ2n) is 8.15. The van der Waals surface area contributed by atoms with E-state index in [-0.39, 0.29) is 29.2 Å². The van der Waals surface area contributed by atoms with Crippen molar-refractivity contribution in [3.63, 3.8) is 0 Å². The van der Waals surface area contributed by atoms with Gasteiger partial charge in [-0.3, -0.25) is 0 Å². The molecule has 0 unspecified atom stereocenters. The van der Waals surface area contributed by atoms with Crippen molar-refractivity contribution in [3.05, 3.63) is 88.5 Å². The van der Waals surface area contributed by atoms with Crippen LogP contribution in [0.25, 0.3) is 11.1 Å². The van der Waals surface area contributed by atoms with Gasteiger partial charge in [0.1, 0.15) is 12.4 Å². The molecule has 4 rings (SSSR count). The van der Waals surface area contributed by atoms with Gasteiger partial charge in [0.25, 0.3) is 0 Å². The Labute approximate surface area is 179 Å². The first-order valence-electron chi connectivity index (χ1n) is 10.6. The molecule has 0 amide bonds. The molecular weight excluding hydrogens is 404 g/mol. The summed E-state index contributed by atoms with van der Waals surface area (Å²) in [6.45, 7) is 1.38. The van der Waals surface area contributed by atoms with Crippen molar-refractivity contribution < 1.29 is 22.3 Å². The third kappa shape index (κ3) is 4.46. The molecule has 0 atom stereocenters. The fourth-order valence-corrected chi connectivity index (χ4v) is 4.21. The Morgan fingerprint density at radius 1 is 0.742 bits per heavy atom. The summed E-state index contributed by atoms with van der Waals surface area (Å²) in [5, 5.41) is 0. The smallest absolute Gasteiger partial charge is 0.166 e. The molecule has 3 aromatic carbocycles. The van der Waals surface area contributed by atoms with Gasteiger partial charge in [0.05, 0.1) is 0 Å². The number of ether oxygens (including phenoxy) is 1. The summed E-state index contributed by atoms with van der Waals surface area (Å²) in [5.41, 5.74) is 1.49. The van der Waals surface area contributed by atoms with E-state index in [0.29, 0.717) is 16.9 Å². The lowest BCUT2D eigenvalue weighted by atomic mass is 9.83. The van der Waals surface area contributed by atoms with Crippen molar-refractivity contribution in [1.82, 2.24) is 0 Å². The summed E-state index contributed by atoms with van der Waals surface area (Å²) >= 11 is 0. The average Bonchev–Trinajstić information content (AvgIpc) is 2.80. The highest BCUT2D eigenvalue weighted by atomic mass is 19.2. The summed E-state index contributed by atoms with van der Waals surface area (Å²) in [6, 6.07) is 12.7. The molecule has 0 N–H and O–H groups in total. The number of benzene rings is 3. The summed E-state index contributed by atoms with van der Waals surface area (Å²) < 4.78 is 62.8. The molecule has 0 spiro atoms. The molecule has 5 heteroatoms. The fourth-order valence-electron chi connectivity index (χ4n) is 4.21. The molecule has 0 bridgehead atoms. The Hall–Kier alpha value is -2.82. The highest BCUT2D eigenvalue weighted by Crippen LogP contribution is 2.35. The number of hydrogen-bond donors (Lipinski definition) is 0. The molecular formula is C26H24F4O. The predicted octanol–water partition coefficient (Wildman–Crippen LogP) is 7.85. The van der Waals surface area contributed by atoms with E-state index in [4.69, 9.17) is 4.74 Å². The maximum atomic E-state index is 14.6. The van der Waals surface area contributed by atoms with Gasteiger partial charge >= 0.3 is 0 Å². The van der Waals surface area contributed by atoms with Crippen LogP contribution in [0.1, 0.15) is 54.7 Å². The van der Waals surface area contributed by atoms with Crippen LogP contribution in [-0.4, -0.2) is 0 Å². The van der Waals surface area contributed by atoms with Gasteiger partial charge in [0.15, 0.2) is 23.3 Å². The van der Waals surface area contributed by atoms with Crippen molar-refractivity contribution in [2.24, 2.45) is 0 Å². The van der Waals surface area contributed by atoms with Gasteiger partial charge in [-0.15, -0.1) is 0 Å². The molecule has 0 aromatic heterocycles. The minimum Gasteiger partial charge on any atom is -0.489 e. The lowest BCUT2D eigenvalue weighted by Gasteiger charge is -2.23. The molecule has 0 heterocycles. The zero-order chi connectivity index (χ0) is 22.0. The van der Waals surface area contributed by atoms with Crippen LogP contribution < -0.4 is 4.74 Å². The van der Waals surface area contributed by atoms with E-state index in [1.54, 1.807) is 36.4 Å². The molecule has 3 aromatic rings. The molecule has 1 aliphatic carbocycles. The van der Waals surface area contributed by atoms with E-state index < -0.39 is 23.3 Å². The first-order chi connectivity index (χ1) is 15.0. The van der Waals surface area contributed by atoms with Gasteiger partial charge < -0.3 is 4.74 Å². The third-order valence-corrected chi connectivity index (χ3v) is 6.07. The highest BCUT2D eigenvalue weighted by Gasteiger charge is 2.22. The number of hydrogen-bond acceptors (Lipinski definition) is 1.